The Morgan fingerprint density at radius 1 is 0.879 bits per heavy atom. The molecule has 1 saturated heterocycles. The largest absolute Gasteiger partial charge is 0.339 e. The van der Waals surface area contributed by atoms with Gasteiger partial charge in [-0.3, -0.25) is 0 Å². The summed E-state index contributed by atoms with van der Waals surface area (Å²) in [6, 6.07) is 25.0. The van der Waals surface area contributed by atoms with Crippen LogP contribution in [0.25, 0.3) is 6.08 Å². The number of aryl methyl sites for hydroxylation is 1. The lowest BCUT2D eigenvalue weighted by Gasteiger charge is -2.23. The maximum Gasteiger partial charge on any atom is 0.339 e. The van der Waals surface area contributed by atoms with E-state index in [1.807, 2.05) is 80.6 Å². The van der Waals surface area contributed by atoms with Crippen LogP contribution in [-0.4, -0.2) is 29.7 Å². The van der Waals surface area contributed by atoms with E-state index in [2.05, 4.69) is 0 Å². The van der Waals surface area contributed by atoms with E-state index in [9.17, 15) is 13.2 Å². The number of sulfonamides is 1. The lowest BCUT2D eigenvalue weighted by molar-refractivity contribution is 0.192. The summed E-state index contributed by atoms with van der Waals surface area (Å²) in [7, 11) is -4.08. The van der Waals surface area contributed by atoms with Gasteiger partial charge in [-0.1, -0.05) is 91.7 Å². The first-order valence-corrected chi connectivity index (χ1v) is 12.6. The number of carbonyl (C=O) groups is 1. The molecule has 1 aliphatic heterocycles. The molecule has 1 fully saturated rings. The smallest absolute Gasteiger partial charge is 0.311 e. The zero-order chi connectivity index (χ0) is 23.4. The summed E-state index contributed by atoms with van der Waals surface area (Å²) in [5.41, 5.74) is 3.26. The first-order valence-electron chi connectivity index (χ1n) is 11.1. The highest BCUT2D eigenvalue weighted by atomic mass is 32.2. The van der Waals surface area contributed by atoms with Crippen molar-refractivity contribution in [2.24, 2.45) is 0 Å². The second kappa shape index (κ2) is 9.63. The molecule has 3 aromatic rings. The topological polar surface area (TPSA) is 57.7 Å². The zero-order valence-corrected chi connectivity index (χ0v) is 19.7. The minimum Gasteiger partial charge on any atom is -0.311 e. The average Bonchev–Trinajstić information content (AvgIpc) is 3.07. The van der Waals surface area contributed by atoms with E-state index >= 15 is 0 Å². The van der Waals surface area contributed by atoms with Crippen LogP contribution in [0.3, 0.4) is 0 Å². The van der Waals surface area contributed by atoms with Crippen molar-refractivity contribution < 1.29 is 13.2 Å². The summed E-state index contributed by atoms with van der Waals surface area (Å²) in [5, 5.41) is 0. The van der Waals surface area contributed by atoms with Crippen molar-refractivity contribution in [3.63, 3.8) is 0 Å². The van der Waals surface area contributed by atoms with E-state index < -0.39 is 16.1 Å². The zero-order valence-electron chi connectivity index (χ0n) is 18.9. The Bertz CT molecular complexity index is 1240. The van der Waals surface area contributed by atoms with Crippen LogP contribution in [-0.2, 0) is 16.6 Å². The van der Waals surface area contributed by atoms with Crippen LogP contribution in [0.5, 0.6) is 0 Å². The summed E-state index contributed by atoms with van der Waals surface area (Å²) in [6.07, 6.45) is 3.31. The number of amides is 2. The second-order valence-electron chi connectivity index (χ2n) is 8.26. The fourth-order valence-corrected chi connectivity index (χ4v) is 5.58. The molecule has 0 saturated carbocycles. The quantitative estimate of drug-likeness (QED) is 0.446. The van der Waals surface area contributed by atoms with Crippen molar-refractivity contribution in [2.75, 3.05) is 0 Å². The minimum atomic E-state index is -4.08. The van der Waals surface area contributed by atoms with E-state index in [0.29, 0.717) is 18.7 Å². The average molecular weight is 461 g/mol. The molecular formula is C27H28N2O3S. The van der Waals surface area contributed by atoms with Crippen molar-refractivity contribution in [3.8, 4) is 0 Å². The molecule has 6 heteroatoms. The number of nitrogens with zero attached hydrogens (tertiary/aromatic N) is 2. The number of carbonyl (C=O) groups excluding carboxylic acids is 1. The number of urea groups is 1. The fourth-order valence-electron chi connectivity index (χ4n) is 4.12. The SMILES string of the molecule is CCCC1/C(=C/c2ccccc2)N(S(=O)(=O)c2ccc(C)cc2)C(=O)N1Cc1ccccc1. The Labute approximate surface area is 196 Å². The molecule has 0 spiro atoms. The molecule has 1 unspecified atom stereocenters. The molecule has 1 atom stereocenters. The highest BCUT2D eigenvalue weighted by Gasteiger charge is 2.47. The van der Waals surface area contributed by atoms with Gasteiger partial charge >= 0.3 is 6.03 Å². The molecule has 0 bridgehead atoms. The summed E-state index contributed by atoms with van der Waals surface area (Å²) in [5.74, 6) is 0. The molecule has 33 heavy (non-hydrogen) atoms. The number of rotatable bonds is 7. The van der Waals surface area contributed by atoms with Gasteiger partial charge in [-0.05, 0) is 42.7 Å². The van der Waals surface area contributed by atoms with Crippen LogP contribution < -0.4 is 0 Å². The van der Waals surface area contributed by atoms with Gasteiger partial charge in [-0.25, -0.2) is 13.2 Å². The van der Waals surface area contributed by atoms with Gasteiger partial charge in [0.2, 0.25) is 0 Å². The molecule has 1 heterocycles. The van der Waals surface area contributed by atoms with Gasteiger partial charge in [0.1, 0.15) is 0 Å². The third kappa shape index (κ3) is 4.71. The van der Waals surface area contributed by atoms with Gasteiger partial charge in [0.05, 0.1) is 16.6 Å². The van der Waals surface area contributed by atoms with Crippen molar-refractivity contribution in [2.45, 2.75) is 44.2 Å². The summed E-state index contributed by atoms with van der Waals surface area (Å²) in [4.78, 5) is 15.5. The number of benzene rings is 3. The van der Waals surface area contributed by atoms with E-state index in [4.69, 9.17) is 0 Å². The number of hydrogen-bond acceptors (Lipinski definition) is 3. The Morgan fingerprint density at radius 2 is 1.48 bits per heavy atom. The van der Waals surface area contributed by atoms with Crippen LogP contribution in [0.1, 0.15) is 36.5 Å². The molecule has 0 radical (unpaired) electrons. The molecule has 2 amide bonds. The van der Waals surface area contributed by atoms with Crippen molar-refractivity contribution >= 4 is 22.1 Å². The third-order valence-corrected chi connectivity index (χ3v) is 7.52. The minimum absolute atomic E-state index is 0.109. The van der Waals surface area contributed by atoms with Crippen molar-refractivity contribution in [1.29, 1.82) is 0 Å². The van der Waals surface area contributed by atoms with E-state index in [1.54, 1.807) is 29.2 Å². The summed E-state index contributed by atoms with van der Waals surface area (Å²) < 4.78 is 28.5. The molecule has 0 aromatic heterocycles. The Hall–Kier alpha value is -3.38. The lowest BCUT2D eigenvalue weighted by atomic mass is 10.0. The Kier molecular flexibility index (Phi) is 6.65. The lowest BCUT2D eigenvalue weighted by Crippen LogP contribution is -2.36. The van der Waals surface area contributed by atoms with Crippen LogP contribution >= 0.6 is 0 Å². The Morgan fingerprint density at radius 3 is 2.09 bits per heavy atom. The predicted octanol–water partition coefficient (Wildman–Crippen LogP) is 5.83. The number of hydrogen-bond donors (Lipinski definition) is 0. The van der Waals surface area contributed by atoms with Crippen LogP contribution in [0.15, 0.2) is 95.5 Å². The Balaban J connectivity index is 1.85. The summed E-state index contributed by atoms with van der Waals surface area (Å²) >= 11 is 0. The first kappa shape index (κ1) is 22.8. The van der Waals surface area contributed by atoms with E-state index in [1.165, 1.54) is 0 Å². The van der Waals surface area contributed by atoms with Gasteiger partial charge in [-0.2, -0.15) is 4.31 Å². The highest BCUT2D eigenvalue weighted by molar-refractivity contribution is 7.89. The molecule has 170 valence electrons. The van der Waals surface area contributed by atoms with E-state index in [-0.39, 0.29) is 10.9 Å². The van der Waals surface area contributed by atoms with Crippen LogP contribution in [0.2, 0.25) is 0 Å². The van der Waals surface area contributed by atoms with Gasteiger partial charge < -0.3 is 4.90 Å². The van der Waals surface area contributed by atoms with E-state index in [0.717, 1.165) is 27.4 Å². The van der Waals surface area contributed by atoms with Gasteiger partial charge in [0.15, 0.2) is 0 Å². The van der Waals surface area contributed by atoms with Crippen LogP contribution in [0, 0.1) is 6.92 Å². The normalized spacial score (nSPS) is 17.7. The second-order valence-corrected chi connectivity index (χ2v) is 10.0. The molecule has 5 nitrogen and oxygen atoms in total. The molecule has 3 aromatic carbocycles. The molecule has 4 rings (SSSR count). The van der Waals surface area contributed by atoms with Crippen molar-refractivity contribution in [3.05, 3.63) is 107 Å². The first-order chi connectivity index (χ1) is 15.9. The van der Waals surface area contributed by atoms with Crippen LogP contribution in [0.4, 0.5) is 4.79 Å². The van der Waals surface area contributed by atoms with Crippen molar-refractivity contribution in [1.82, 2.24) is 9.21 Å². The highest BCUT2D eigenvalue weighted by Crippen LogP contribution is 2.37. The summed E-state index contributed by atoms with van der Waals surface area (Å²) in [6.45, 7) is 4.29. The molecular weight excluding hydrogens is 432 g/mol. The molecule has 1 aliphatic rings. The van der Waals surface area contributed by atoms with Gasteiger partial charge in [-0.15, -0.1) is 0 Å². The fraction of sp³-hybridized carbons (Fsp3) is 0.222. The standard InChI is InChI=1S/C27H28N2O3S/c1-3-10-25-26(19-22-11-6-4-7-12-22)29(33(31,32)24-17-15-21(2)16-18-24)27(30)28(25)20-23-13-8-5-9-14-23/h4-9,11-19,25H,3,10,20H2,1-2H3/b26-19-. The van der Waals surface area contributed by atoms with Gasteiger partial charge in [0, 0.05) is 6.54 Å². The monoisotopic (exact) mass is 460 g/mol. The maximum atomic E-state index is 13.7. The van der Waals surface area contributed by atoms with Gasteiger partial charge in [0.25, 0.3) is 10.0 Å². The maximum absolute atomic E-state index is 13.7. The molecule has 0 N–H and O–H groups in total. The third-order valence-electron chi connectivity index (χ3n) is 5.80. The molecule has 0 aliphatic carbocycles. The predicted molar refractivity (Wildman–Crippen MR) is 131 cm³/mol.